The normalized spacial score (nSPS) is 14.6. The van der Waals surface area contributed by atoms with E-state index >= 15 is 0 Å². The van der Waals surface area contributed by atoms with Crippen LogP contribution in [0.15, 0.2) is 34.0 Å². The summed E-state index contributed by atoms with van der Waals surface area (Å²) < 4.78 is 30.7. The fraction of sp³-hybridized carbons (Fsp3) is 0.353. The van der Waals surface area contributed by atoms with Crippen LogP contribution in [0.4, 0.5) is 5.13 Å². The van der Waals surface area contributed by atoms with Crippen LogP contribution in [0.1, 0.15) is 18.5 Å². The SMILES string of the molecule is COc1cccc(-c2nc(CS(=O)(=O)c3nnc(N4CCCC4)s3)cs2)c1. The number of anilines is 1. The van der Waals surface area contributed by atoms with Crippen molar-refractivity contribution in [2.45, 2.75) is 22.9 Å². The third-order valence-electron chi connectivity index (χ3n) is 4.24. The quantitative estimate of drug-likeness (QED) is 0.603. The molecule has 0 saturated carbocycles. The molecule has 1 aliphatic rings. The third-order valence-corrected chi connectivity index (χ3v) is 8.26. The Labute approximate surface area is 165 Å². The van der Waals surface area contributed by atoms with Crippen molar-refractivity contribution >= 4 is 37.6 Å². The molecule has 0 N–H and O–H groups in total. The second-order valence-electron chi connectivity index (χ2n) is 6.18. The molecule has 0 spiro atoms. The monoisotopic (exact) mass is 422 g/mol. The molecule has 1 saturated heterocycles. The van der Waals surface area contributed by atoms with Crippen LogP contribution in [0.3, 0.4) is 0 Å². The molecule has 3 aromatic rings. The van der Waals surface area contributed by atoms with Gasteiger partial charge in [-0.1, -0.05) is 23.5 Å². The molecule has 2 aromatic heterocycles. The van der Waals surface area contributed by atoms with Crippen LogP contribution in [-0.2, 0) is 15.6 Å². The van der Waals surface area contributed by atoms with Gasteiger partial charge in [-0.3, -0.25) is 0 Å². The Hall–Kier alpha value is -2.04. The summed E-state index contributed by atoms with van der Waals surface area (Å²) in [5.41, 5.74) is 1.41. The van der Waals surface area contributed by atoms with Crippen molar-refractivity contribution in [1.82, 2.24) is 15.2 Å². The predicted molar refractivity (Wildman–Crippen MR) is 106 cm³/mol. The number of aromatic nitrogens is 3. The lowest BCUT2D eigenvalue weighted by atomic mass is 10.2. The molecule has 0 aliphatic carbocycles. The van der Waals surface area contributed by atoms with E-state index in [0.717, 1.165) is 53.6 Å². The van der Waals surface area contributed by atoms with Gasteiger partial charge in [-0.25, -0.2) is 13.4 Å². The number of benzene rings is 1. The van der Waals surface area contributed by atoms with Crippen molar-refractivity contribution in [2.75, 3.05) is 25.1 Å². The van der Waals surface area contributed by atoms with Crippen molar-refractivity contribution in [3.8, 4) is 16.3 Å². The molecule has 0 amide bonds. The van der Waals surface area contributed by atoms with Gasteiger partial charge in [0.25, 0.3) is 0 Å². The van der Waals surface area contributed by atoms with Crippen molar-refractivity contribution < 1.29 is 13.2 Å². The number of hydrogen-bond donors (Lipinski definition) is 0. The Kier molecular flexibility index (Phi) is 5.11. The molecule has 0 radical (unpaired) electrons. The molecule has 0 bridgehead atoms. The number of nitrogens with zero attached hydrogens (tertiary/aromatic N) is 4. The van der Waals surface area contributed by atoms with Gasteiger partial charge in [0.05, 0.1) is 12.8 Å². The molecule has 10 heteroatoms. The van der Waals surface area contributed by atoms with Crippen LogP contribution in [0.25, 0.3) is 10.6 Å². The van der Waals surface area contributed by atoms with E-state index in [9.17, 15) is 8.42 Å². The Morgan fingerprint density at radius 3 is 2.81 bits per heavy atom. The topological polar surface area (TPSA) is 85.3 Å². The zero-order valence-electron chi connectivity index (χ0n) is 14.7. The van der Waals surface area contributed by atoms with Gasteiger partial charge in [-0.2, -0.15) is 0 Å². The fourth-order valence-corrected chi connectivity index (χ4v) is 6.17. The van der Waals surface area contributed by atoms with E-state index in [2.05, 4.69) is 20.1 Å². The number of sulfone groups is 1. The Balaban J connectivity index is 1.52. The molecule has 1 fully saturated rings. The van der Waals surface area contributed by atoms with Gasteiger partial charge >= 0.3 is 0 Å². The maximum Gasteiger partial charge on any atom is 0.234 e. The summed E-state index contributed by atoms with van der Waals surface area (Å²) in [6, 6.07) is 7.54. The lowest BCUT2D eigenvalue weighted by Crippen LogP contribution is -2.17. The highest BCUT2D eigenvalue weighted by Gasteiger charge is 2.25. The standard InChI is InChI=1S/C17H18N4O3S3/c1-24-14-6-4-5-12(9-14)15-18-13(10-25-15)11-27(22,23)17-20-19-16(26-17)21-7-2-3-8-21/h4-6,9-10H,2-3,7-8,11H2,1H3. The summed E-state index contributed by atoms with van der Waals surface area (Å²) in [4.78, 5) is 6.56. The maximum absolute atomic E-state index is 12.7. The van der Waals surface area contributed by atoms with E-state index in [1.807, 2.05) is 24.3 Å². The van der Waals surface area contributed by atoms with Crippen LogP contribution in [0.5, 0.6) is 5.75 Å². The summed E-state index contributed by atoms with van der Waals surface area (Å²) >= 11 is 2.55. The van der Waals surface area contributed by atoms with Crippen LogP contribution >= 0.6 is 22.7 Å². The summed E-state index contributed by atoms with van der Waals surface area (Å²) in [6.45, 7) is 1.81. The summed E-state index contributed by atoms with van der Waals surface area (Å²) in [5.74, 6) is 0.558. The summed E-state index contributed by atoms with van der Waals surface area (Å²) in [6.07, 6.45) is 2.21. The van der Waals surface area contributed by atoms with Gasteiger partial charge in [-0.05, 0) is 25.0 Å². The number of thiazole rings is 1. The molecule has 1 aromatic carbocycles. The molecule has 3 heterocycles. The summed E-state index contributed by atoms with van der Waals surface area (Å²) in [7, 11) is -1.96. The van der Waals surface area contributed by atoms with E-state index in [0.29, 0.717) is 10.8 Å². The van der Waals surface area contributed by atoms with E-state index in [4.69, 9.17) is 4.74 Å². The third kappa shape index (κ3) is 3.97. The fourth-order valence-electron chi connectivity index (χ4n) is 2.88. The second kappa shape index (κ2) is 7.53. The van der Waals surface area contributed by atoms with Gasteiger partial charge < -0.3 is 9.64 Å². The molecule has 4 rings (SSSR count). The van der Waals surface area contributed by atoms with Gasteiger partial charge in [0.1, 0.15) is 16.5 Å². The minimum absolute atomic E-state index is 0.0559. The molecule has 27 heavy (non-hydrogen) atoms. The van der Waals surface area contributed by atoms with Gasteiger partial charge in [0.15, 0.2) is 0 Å². The molecule has 1 aliphatic heterocycles. The second-order valence-corrected chi connectivity index (χ2v) is 10.2. The van der Waals surface area contributed by atoms with Crippen LogP contribution in [-0.4, -0.2) is 43.8 Å². The lowest BCUT2D eigenvalue weighted by Gasteiger charge is -2.10. The Bertz CT molecular complexity index is 1040. The average Bonchev–Trinajstić information content (AvgIpc) is 3.41. The highest BCUT2D eigenvalue weighted by atomic mass is 32.2. The minimum atomic E-state index is -3.57. The van der Waals surface area contributed by atoms with Crippen molar-refractivity contribution in [3.63, 3.8) is 0 Å². The van der Waals surface area contributed by atoms with Crippen molar-refractivity contribution in [1.29, 1.82) is 0 Å². The molecule has 142 valence electrons. The van der Waals surface area contributed by atoms with Crippen molar-refractivity contribution in [3.05, 3.63) is 35.3 Å². The van der Waals surface area contributed by atoms with Crippen LogP contribution in [0, 0.1) is 0 Å². The number of methoxy groups -OCH3 is 1. The molecule has 0 atom stereocenters. The molecular weight excluding hydrogens is 404 g/mol. The first-order valence-corrected chi connectivity index (χ1v) is 11.8. The van der Waals surface area contributed by atoms with E-state index in [1.165, 1.54) is 11.3 Å². The molecular formula is C17H18N4O3S3. The van der Waals surface area contributed by atoms with E-state index in [1.54, 1.807) is 12.5 Å². The molecule has 7 nitrogen and oxygen atoms in total. The van der Waals surface area contributed by atoms with Crippen LogP contribution < -0.4 is 9.64 Å². The number of rotatable bonds is 6. The first-order valence-electron chi connectivity index (χ1n) is 8.45. The molecule has 0 unspecified atom stereocenters. The minimum Gasteiger partial charge on any atom is -0.497 e. The van der Waals surface area contributed by atoms with Gasteiger partial charge in [0, 0.05) is 24.0 Å². The Morgan fingerprint density at radius 1 is 1.22 bits per heavy atom. The average molecular weight is 423 g/mol. The highest BCUT2D eigenvalue weighted by Crippen LogP contribution is 2.30. The maximum atomic E-state index is 12.7. The van der Waals surface area contributed by atoms with Gasteiger partial charge in [0.2, 0.25) is 19.3 Å². The zero-order valence-corrected chi connectivity index (χ0v) is 17.1. The predicted octanol–water partition coefficient (Wildman–Crippen LogP) is 3.24. The van der Waals surface area contributed by atoms with E-state index < -0.39 is 9.84 Å². The van der Waals surface area contributed by atoms with Gasteiger partial charge in [-0.15, -0.1) is 21.5 Å². The number of ether oxygens (including phenoxy) is 1. The van der Waals surface area contributed by atoms with Crippen LogP contribution in [0.2, 0.25) is 0 Å². The first kappa shape index (κ1) is 18.3. The highest BCUT2D eigenvalue weighted by molar-refractivity contribution is 7.92. The smallest absolute Gasteiger partial charge is 0.234 e. The Morgan fingerprint density at radius 2 is 2.04 bits per heavy atom. The lowest BCUT2D eigenvalue weighted by molar-refractivity contribution is 0.415. The van der Waals surface area contributed by atoms with E-state index in [-0.39, 0.29) is 10.1 Å². The first-order chi connectivity index (χ1) is 13.0. The zero-order chi connectivity index (χ0) is 18.9. The summed E-state index contributed by atoms with van der Waals surface area (Å²) in [5, 5.41) is 11.2. The van der Waals surface area contributed by atoms with Crippen molar-refractivity contribution in [2.24, 2.45) is 0 Å². The largest absolute Gasteiger partial charge is 0.497 e. The number of hydrogen-bond acceptors (Lipinski definition) is 9.